The number of phenolic OH excluding ortho intramolecular Hbond substituents is 1. The highest BCUT2D eigenvalue weighted by molar-refractivity contribution is 6.00. The van der Waals surface area contributed by atoms with Crippen LogP contribution in [-0.4, -0.2) is 75.0 Å². The van der Waals surface area contributed by atoms with Crippen molar-refractivity contribution in [2.24, 2.45) is 5.92 Å². The maximum absolute atomic E-state index is 11.3. The summed E-state index contributed by atoms with van der Waals surface area (Å²) >= 11 is 0. The third-order valence-corrected chi connectivity index (χ3v) is 6.85. The van der Waals surface area contributed by atoms with E-state index in [1.807, 2.05) is 19.2 Å². The van der Waals surface area contributed by atoms with Gasteiger partial charge in [-0.05, 0) is 43.5 Å². The number of fused-ring (bicyclic) bond motifs is 1. The zero-order valence-corrected chi connectivity index (χ0v) is 17.7. The summed E-state index contributed by atoms with van der Waals surface area (Å²) in [5.74, 6) is 1.29. The first kappa shape index (κ1) is 20.0. The minimum Gasteiger partial charge on any atom is -0.508 e. The Morgan fingerprint density at radius 3 is 2.87 bits per heavy atom. The van der Waals surface area contributed by atoms with Gasteiger partial charge in [0.1, 0.15) is 29.8 Å². The Hall–Kier alpha value is -2.97. The normalized spacial score (nSPS) is 24.9. The maximum Gasteiger partial charge on any atom is 0.146 e. The molecule has 1 aliphatic heterocycles. The number of hydrogen-bond donors (Lipinski definition) is 2. The Morgan fingerprint density at radius 2 is 2.10 bits per heavy atom. The van der Waals surface area contributed by atoms with Gasteiger partial charge in [0.2, 0.25) is 0 Å². The van der Waals surface area contributed by atoms with Crippen LogP contribution in [0, 0.1) is 5.92 Å². The van der Waals surface area contributed by atoms with Crippen molar-refractivity contribution in [2.75, 3.05) is 39.0 Å². The van der Waals surface area contributed by atoms with Crippen LogP contribution in [0.2, 0.25) is 0 Å². The molecule has 5 rings (SSSR count). The monoisotopic (exact) mass is 420 g/mol. The van der Waals surface area contributed by atoms with Gasteiger partial charge in [0, 0.05) is 44.0 Å². The Balaban J connectivity index is 1.35. The lowest BCUT2D eigenvalue weighted by molar-refractivity contribution is -0.114. The van der Waals surface area contributed by atoms with Crippen LogP contribution in [0.4, 0.5) is 5.82 Å². The van der Waals surface area contributed by atoms with Crippen molar-refractivity contribution >= 4 is 23.1 Å². The average molecular weight is 421 g/mol. The van der Waals surface area contributed by atoms with Crippen LogP contribution in [0.1, 0.15) is 18.9 Å². The van der Waals surface area contributed by atoms with Gasteiger partial charge in [0.05, 0.1) is 11.4 Å². The zero-order valence-electron chi connectivity index (χ0n) is 17.7. The number of rotatable bonds is 5. The molecule has 0 radical (unpaired) electrons. The quantitative estimate of drug-likeness (QED) is 0.610. The Morgan fingerprint density at radius 1 is 1.26 bits per heavy atom. The fraction of sp³-hybridized carbons (Fsp3) is 0.435. The number of likely N-dealkylation sites (N-methyl/N-ethyl adjacent to an activating group) is 1. The topological polar surface area (TPSA) is 101 Å². The van der Waals surface area contributed by atoms with E-state index >= 15 is 0 Å². The number of piperazine rings is 1. The minimum atomic E-state index is 0.00235. The van der Waals surface area contributed by atoms with Crippen LogP contribution in [0.5, 0.6) is 5.75 Å². The lowest BCUT2D eigenvalue weighted by Gasteiger charge is -2.43. The van der Waals surface area contributed by atoms with Crippen molar-refractivity contribution in [3.63, 3.8) is 0 Å². The van der Waals surface area contributed by atoms with Crippen LogP contribution in [0.15, 0.2) is 36.8 Å². The van der Waals surface area contributed by atoms with E-state index in [9.17, 15) is 9.90 Å². The Bertz CT molecular complexity index is 1110. The van der Waals surface area contributed by atoms with Gasteiger partial charge in [0.15, 0.2) is 0 Å². The number of nitrogens with zero attached hydrogens (tertiary/aromatic N) is 5. The highest BCUT2D eigenvalue weighted by Crippen LogP contribution is 2.43. The van der Waals surface area contributed by atoms with Crippen molar-refractivity contribution in [3.8, 4) is 16.9 Å². The van der Waals surface area contributed by atoms with Crippen LogP contribution in [0.25, 0.3) is 22.2 Å². The SMILES string of the molecule is CN1CCN(CC2CC(n3cc(-c4cccc(O)c4)c4c(N)ncnc43)C2)CC1C=O. The molecule has 1 saturated carbocycles. The highest BCUT2D eigenvalue weighted by atomic mass is 16.3. The highest BCUT2D eigenvalue weighted by Gasteiger charge is 2.35. The molecule has 1 saturated heterocycles. The van der Waals surface area contributed by atoms with Gasteiger partial charge in [-0.25, -0.2) is 9.97 Å². The largest absolute Gasteiger partial charge is 0.508 e. The molecule has 31 heavy (non-hydrogen) atoms. The summed E-state index contributed by atoms with van der Waals surface area (Å²) < 4.78 is 2.22. The molecule has 3 N–H and O–H groups in total. The van der Waals surface area contributed by atoms with Gasteiger partial charge < -0.3 is 20.2 Å². The second-order valence-electron chi connectivity index (χ2n) is 8.89. The number of carbonyl (C=O) groups is 1. The number of aromatic nitrogens is 3. The van der Waals surface area contributed by atoms with E-state index in [1.54, 1.807) is 12.1 Å². The number of benzene rings is 1. The molecule has 1 atom stereocenters. The van der Waals surface area contributed by atoms with Crippen LogP contribution >= 0.6 is 0 Å². The Labute approximate surface area is 181 Å². The fourth-order valence-electron chi connectivity index (χ4n) is 4.99. The molecular weight excluding hydrogens is 392 g/mol. The van der Waals surface area contributed by atoms with Gasteiger partial charge in [-0.15, -0.1) is 0 Å². The van der Waals surface area contributed by atoms with Crippen LogP contribution in [0.3, 0.4) is 0 Å². The summed E-state index contributed by atoms with van der Waals surface area (Å²) in [5.41, 5.74) is 8.92. The smallest absolute Gasteiger partial charge is 0.146 e. The summed E-state index contributed by atoms with van der Waals surface area (Å²) in [7, 11) is 2.02. The van der Waals surface area contributed by atoms with Crippen molar-refractivity contribution in [1.29, 1.82) is 0 Å². The van der Waals surface area contributed by atoms with E-state index in [2.05, 4.69) is 30.5 Å². The maximum atomic E-state index is 11.3. The second-order valence-corrected chi connectivity index (χ2v) is 8.89. The molecule has 1 aliphatic carbocycles. The first-order valence-corrected chi connectivity index (χ1v) is 10.8. The summed E-state index contributed by atoms with van der Waals surface area (Å²) in [6, 6.07) is 7.56. The molecule has 8 nitrogen and oxygen atoms in total. The van der Waals surface area contributed by atoms with E-state index in [0.29, 0.717) is 17.8 Å². The van der Waals surface area contributed by atoms with E-state index in [4.69, 9.17) is 5.73 Å². The molecule has 0 bridgehead atoms. The van der Waals surface area contributed by atoms with E-state index < -0.39 is 0 Å². The summed E-state index contributed by atoms with van der Waals surface area (Å²) in [6.45, 7) is 3.80. The number of nitrogen functional groups attached to an aromatic ring is 1. The first-order chi connectivity index (χ1) is 15.0. The molecule has 1 unspecified atom stereocenters. The third kappa shape index (κ3) is 3.66. The molecule has 2 fully saturated rings. The van der Waals surface area contributed by atoms with Crippen molar-refractivity contribution in [3.05, 3.63) is 36.8 Å². The molecule has 8 heteroatoms. The molecule has 3 aromatic rings. The summed E-state index contributed by atoms with van der Waals surface area (Å²) in [4.78, 5) is 24.6. The molecule has 0 spiro atoms. The van der Waals surface area contributed by atoms with Crippen LogP contribution in [-0.2, 0) is 4.79 Å². The van der Waals surface area contributed by atoms with E-state index in [-0.39, 0.29) is 11.8 Å². The van der Waals surface area contributed by atoms with Gasteiger partial charge in [0.25, 0.3) is 0 Å². The first-order valence-electron chi connectivity index (χ1n) is 10.8. The molecular formula is C23H28N6O2. The van der Waals surface area contributed by atoms with E-state index in [1.165, 1.54) is 6.33 Å². The standard InChI is InChI=1S/C23H28N6O2/c1-27-5-6-28(11-18(27)13-30)10-15-7-17(8-15)29-12-20(16-3-2-4-19(31)9-16)21-22(24)25-14-26-23(21)29/h2-4,9,12-15,17-18,31H,5-8,10-11H2,1H3,(H2,24,25,26). The molecule has 2 aliphatic rings. The fourth-order valence-corrected chi connectivity index (χ4v) is 4.99. The number of anilines is 1. The lowest BCUT2D eigenvalue weighted by Crippen LogP contribution is -2.53. The molecule has 1 aromatic carbocycles. The second kappa shape index (κ2) is 7.94. The average Bonchev–Trinajstić information content (AvgIpc) is 3.12. The number of phenols is 1. The van der Waals surface area contributed by atoms with Crippen molar-refractivity contribution < 1.29 is 9.90 Å². The number of carbonyl (C=O) groups excluding carboxylic acids is 1. The van der Waals surface area contributed by atoms with Gasteiger partial charge in [-0.3, -0.25) is 9.80 Å². The van der Waals surface area contributed by atoms with Crippen molar-refractivity contribution in [1.82, 2.24) is 24.3 Å². The number of nitrogens with two attached hydrogens (primary N) is 1. The summed E-state index contributed by atoms with van der Waals surface area (Å²) in [5, 5.41) is 10.8. The van der Waals surface area contributed by atoms with Gasteiger partial charge in [-0.1, -0.05) is 12.1 Å². The third-order valence-electron chi connectivity index (χ3n) is 6.85. The van der Waals surface area contributed by atoms with Gasteiger partial charge in [-0.2, -0.15) is 0 Å². The predicted octanol–water partition coefficient (Wildman–Crippen LogP) is 2.15. The van der Waals surface area contributed by atoms with Crippen molar-refractivity contribution in [2.45, 2.75) is 24.9 Å². The molecule has 0 amide bonds. The summed E-state index contributed by atoms with van der Waals surface area (Å²) in [6.07, 6.45) is 6.83. The van der Waals surface area contributed by atoms with Gasteiger partial charge >= 0.3 is 0 Å². The molecule has 3 heterocycles. The van der Waals surface area contributed by atoms with E-state index in [0.717, 1.165) is 67.5 Å². The number of aromatic hydroxyl groups is 1. The lowest BCUT2D eigenvalue weighted by atomic mass is 9.79. The van der Waals surface area contributed by atoms with Crippen LogP contribution < -0.4 is 5.73 Å². The molecule has 162 valence electrons. The Kier molecular flexibility index (Phi) is 5.11. The predicted molar refractivity (Wildman–Crippen MR) is 120 cm³/mol. The zero-order chi connectivity index (χ0) is 21.5. The number of hydrogen-bond acceptors (Lipinski definition) is 7. The number of aldehydes is 1. The molecule has 2 aromatic heterocycles. The minimum absolute atomic E-state index is 0.00235.